The highest BCUT2D eigenvalue weighted by Crippen LogP contribution is 2.35. The van der Waals surface area contributed by atoms with E-state index in [0.29, 0.717) is 11.5 Å². The Morgan fingerprint density at radius 3 is 2.96 bits per heavy atom. The molecule has 3 aromatic rings. The van der Waals surface area contributed by atoms with Crippen LogP contribution in [-0.4, -0.2) is 37.6 Å². The molecule has 7 heteroatoms. The first-order chi connectivity index (χ1) is 12.2. The second kappa shape index (κ2) is 6.51. The zero-order chi connectivity index (χ0) is 17.2. The molecule has 0 spiro atoms. The van der Waals surface area contributed by atoms with Gasteiger partial charge in [-0.15, -0.1) is 5.10 Å². The first-order valence-corrected chi connectivity index (χ1v) is 8.40. The number of tetrazole rings is 1. The number of rotatable bonds is 3. The molecular formula is C18H19N5O2. The average Bonchev–Trinajstić information content (AvgIpc) is 3.35. The van der Waals surface area contributed by atoms with Gasteiger partial charge in [-0.05, 0) is 59.5 Å². The lowest BCUT2D eigenvalue weighted by molar-refractivity contribution is 0.0521. The van der Waals surface area contributed by atoms with Crippen molar-refractivity contribution in [2.75, 3.05) is 6.54 Å². The smallest absolute Gasteiger partial charge is 0.254 e. The Bertz CT molecular complexity index is 844. The highest BCUT2D eigenvalue weighted by molar-refractivity contribution is 5.95. The van der Waals surface area contributed by atoms with Crippen LogP contribution in [0.1, 0.15) is 41.9 Å². The van der Waals surface area contributed by atoms with E-state index in [4.69, 9.17) is 4.42 Å². The van der Waals surface area contributed by atoms with Crippen molar-refractivity contribution in [3.63, 3.8) is 0 Å². The van der Waals surface area contributed by atoms with Crippen molar-refractivity contribution in [1.82, 2.24) is 25.1 Å². The van der Waals surface area contributed by atoms with Crippen LogP contribution in [0.2, 0.25) is 0 Å². The monoisotopic (exact) mass is 337 g/mol. The van der Waals surface area contributed by atoms with Gasteiger partial charge in [0.25, 0.3) is 5.91 Å². The average molecular weight is 337 g/mol. The maximum Gasteiger partial charge on any atom is 0.254 e. The molecular weight excluding hydrogens is 318 g/mol. The lowest BCUT2D eigenvalue weighted by Crippen LogP contribution is -2.40. The number of likely N-dealkylation sites (tertiary alicyclic amines) is 1. The van der Waals surface area contributed by atoms with Gasteiger partial charge in [-0.3, -0.25) is 4.79 Å². The molecule has 1 saturated heterocycles. The van der Waals surface area contributed by atoms with E-state index in [1.54, 1.807) is 10.9 Å². The molecule has 1 amide bonds. The van der Waals surface area contributed by atoms with Crippen molar-refractivity contribution >= 4 is 5.91 Å². The molecule has 25 heavy (non-hydrogen) atoms. The summed E-state index contributed by atoms with van der Waals surface area (Å²) < 4.78 is 7.14. The molecule has 1 aromatic carbocycles. The molecule has 0 bridgehead atoms. The summed E-state index contributed by atoms with van der Waals surface area (Å²) in [5, 5.41) is 11.2. The molecule has 0 N–H and O–H groups in total. The minimum Gasteiger partial charge on any atom is -0.467 e. The van der Waals surface area contributed by atoms with Crippen LogP contribution in [-0.2, 0) is 0 Å². The zero-order valence-corrected chi connectivity index (χ0v) is 13.9. The van der Waals surface area contributed by atoms with Crippen LogP contribution in [0.5, 0.6) is 0 Å². The van der Waals surface area contributed by atoms with E-state index in [2.05, 4.69) is 22.4 Å². The number of nitrogens with zero attached hydrogens (tertiary/aromatic N) is 5. The highest BCUT2D eigenvalue weighted by atomic mass is 16.3. The third-order valence-corrected chi connectivity index (χ3v) is 4.70. The second-order valence-electron chi connectivity index (χ2n) is 6.46. The Labute approximate surface area is 145 Å². The first-order valence-electron chi connectivity index (χ1n) is 8.40. The fourth-order valence-corrected chi connectivity index (χ4v) is 3.36. The molecule has 0 unspecified atom stereocenters. The summed E-state index contributed by atoms with van der Waals surface area (Å²) in [5.74, 6) is 1.41. The summed E-state index contributed by atoms with van der Waals surface area (Å²) >= 11 is 0. The van der Waals surface area contributed by atoms with Crippen molar-refractivity contribution in [1.29, 1.82) is 0 Å². The van der Waals surface area contributed by atoms with Gasteiger partial charge in [0.1, 0.15) is 12.1 Å². The molecule has 0 radical (unpaired) electrons. The van der Waals surface area contributed by atoms with E-state index in [1.165, 1.54) is 6.33 Å². The van der Waals surface area contributed by atoms with E-state index in [1.807, 2.05) is 41.3 Å². The molecule has 1 fully saturated rings. The van der Waals surface area contributed by atoms with E-state index in [-0.39, 0.29) is 11.9 Å². The third kappa shape index (κ3) is 3.05. The predicted octanol–water partition coefficient (Wildman–Crippen LogP) is 2.87. The van der Waals surface area contributed by atoms with Gasteiger partial charge in [-0.2, -0.15) is 0 Å². The van der Waals surface area contributed by atoms with Gasteiger partial charge in [0, 0.05) is 12.1 Å². The lowest BCUT2D eigenvalue weighted by Gasteiger charge is -2.37. The Morgan fingerprint density at radius 2 is 2.20 bits per heavy atom. The SMILES string of the molecule is C[C@@H]1CCN(C(=O)c2cccc(-n3cnnn3)c2)[C@H](c2ccco2)C1. The van der Waals surface area contributed by atoms with Crippen LogP contribution < -0.4 is 0 Å². The summed E-state index contributed by atoms with van der Waals surface area (Å²) in [6, 6.07) is 11.1. The first kappa shape index (κ1) is 15.6. The molecule has 1 aliphatic heterocycles. The molecule has 128 valence electrons. The quantitative estimate of drug-likeness (QED) is 0.734. The number of carbonyl (C=O) groups is 1. The fraction of sp³-hybridized carbons (Fsp3) is 0.333. The number of furan rings is 1. The Kier molecular flexibility index (Phi) is 4.05. The number of carbonyl (C=O) groups excluding carboxylic acids is 1. The van der Waals surface area contributed by atoms with Gasteiger partial charge in [0.2, 0.25) is 0 Å². The molecule has 4 rings (SSSR count). The van der Waals surface area contributed by atoms with E-state index in [0.717, 1.165) is 30.8 Å². The molecule has 0 aliphatic carbocycles. The zero-order valence-electron chi connectivity index (χ0n) is 13.9. The van der Waals surface area contributed by atoms with Gasteiger partial charge < -0.3 is 9.32 Å². The second-order valence-corrected chi connectivity index (χ2v) is 6.46. The van der Waals surface area contributed by atoms with Crippen molar-refractivity contribution in [2.45, 2.75) is 25.8 Å². The molecule has 3 heterocycles. The maximum absolute atomic E-state index is 13.2. The molecule has 0 saturated carbocycles. The summed E-state index contributed by atoms with van der Waals surface area (Å²) in [5.41, 5.74) is 1.38. The number of aromatic nitrogens is 4. The van der Waals surface area contributed by atoms with Crippen molar-refractivity contribution < 1.29 is 9.21 Å². The van der Waals surface area contributed by atoms with Crippen LogP contribution in [0.15, 0.2) is 53.4 Å². The van der Waals surface area contributed by atoms with Gasteiger partial charge in [-0.25, -0.2) is 4.68 Å². The van der Waals surface area contributed by atoms with Crippen molar-refractivity contribution in [3.05, 3.63) is 60.3 Å². The van der Waals surface area contributed by atoms with Gasteiger partial charge in [-0.1, -0.05) is 13.0 Å². The topological polar surface area (TPSA) is 77.1 Å². The minimum absolute atomic E-state index is 0.00299. The lowest BCUT2D eigenvalue weighted by atomic mass is 9.90. The molecule has 2 aromatic heterocycles. The van der Waals surface area contributed by atoms with Gasteiger partial charge >= 0.3 is 0 Å². The maximum atomic E-state index is 13.2. The van der Waals surface area contributed by atoms with Crippen molar-refractivity contribution in [3.8, 4) is 5.69 Å². The number of amides is 1. The summed E-state index contributed by atoms with van der Waals surface area (Å²) in [7, 11) is 0. The van der Waals surface area contributed by atoms with E-state index in [9.17, 15) is 4.79 Å². The Hall–Kier alpha value is -2.96. The van der Waals surface area contributed by atoms with Crippen LogP contribution in [0.3, 0.4) is 0 Å². The molecule has 2 atom stereocenters. The van der Waals surface area contributed by atoms with Crippen LogP contribution in [0.25, 0.3) is 5.69 Å². The largest absolute Gasteiger partial charge is 0.467 e. The summed E-state index contributed by atoms with van der Waals surface area (Å²) in [4.78, 5) is 15.1. The van der Waals surface area contributed by atoms with Crippen LogP contribution in [0, 0.1) is 5.92 Å². The summed E-state index contributed by atoms with van der Waals surface area (Å²) in [6.07, 6.45) is 5.08. The predicted molar refractivity (Wildman–Crippen MR) is 90.0 cm³/mol. The van der Waals surface area contributed by atoms with Crippen molar-refractivity contribution in [2.24, 2.45) is 5.92 Å². The van der Waals surface area contributed by atoms with Gasteiger partial charge in [0.05, 0.1) is 18.0 Å². The van der Waals surface area contributed by atoms with Crippen LogP contribution in [0.4, 0.5) is 0 Å². The molecule has 1 aliphatic rings. The van der Waals surface area contributed by atoms with Crippen LogP contribution >= 0.6 is 0 Å². The van der Waals surface area contributed by atoms with Gasteiger partial charge in [0.15, 0.2) is 0 Å². The fourth-order valence-electron chi connectivity index (χ4n) is 3.36. The minimum atomic E-state index is -0.0251. The third-order valence-electron chi connectivity index (χ3n) is 4.70. The number of hydrogen-bond acceptors (Lipinski definition) is 5. The standard InChI is InChI=1S/C18H19N5O2/c1-13-7-8-22(16(10-13)17-6-3-9-25-17)18(24)14-4-2-5-15(11-14)23-12-19-20-21-23/h2-6,9,11-13,16H,7-8,10H2,1H3/t13-,16+/m1/s1. The van der Waals surface area contributed by atoms with E-state index >= 15 is 0 Å². The number of piperidine rings is 1. The highest BCUT2D eigenvalue weighted by Gasteiger charge is 2.33. The summed E-state index contributed by atoms with van der Waals surface area (Å²) in [6.45, 7) is 2.94. The Balaban J connectivity index is 1.64. The normalized spacial score (nSPS) is 20.6. The Morgan fingerprint density at radius 1 is 1.28 bits per heavy atom. The number of benzene rings is 1. The van der Waals surface area contributed by atoms with E-state index < -0.39 is 0 Å². The number of hydrogen-bond donors (Lipinski definition) is 0. The molecule has 7 nitrogen and oxygen atoms in total.